The molecule has 0 bridgehead atoms. The number of benzene rings is 1. The highest BCUT2D eigenvalue weighted by molar-refractivity contribution is 6.33. The van der Waals surface area contributed by atoms with E-state index in [0.29, 0.717) is 17.1 Å². The maximum Gasteiger partial charge on any atom is 0.253 e. The van der Waals surface area contributed by atoms with Crippen molar-refractivity contribution in [1.82, 2.24) is 20.4 Å². The van der Waals surface area contributed by atoms with Crippen molar-refractivity contribution in [3.63, 3.8) is 0 Å². The molecule has 0 aliphatic heterocycles. The van der Waals surface area contributed by atoms with Gasteiger partial charge in [0.15, 0.2) is 0 Å². The monoisotopic (exact) mass is 390 g/mol. The van der Waals surface area contributed by atoms with E-state index < -0.39 is 6.04 Å². The predicted octanol–water partition coefficient (Wildman–Crippen LogP) is 3.11. The fourth-order valence-corrected chi connectivity index (χ4v) is 3.07. The summed E-state index contributed by atoms with van der Waals surface area (Å²) in [7, 11) is 0. The Bertz CT molecular complexity index is 801. The maximum atomic E-state index is 12.5. The summed E-state index contributed by atoms with van der Waals surface area (Å²) in [6.45, 7) is 9.01. The van der Waals surface area contributed by atoms with Crippen LogP contribution in [0.5, 0.6) is 0 Å². The summed E-state index contributed by atoms with van der Waals surface area (Å²) >= 11 is 6.07. The normalized spacial score (nSPS) is 12.1. The topological polar surface area (TPSA) is 76.0 Å². The molecule has 1 unspecified atom stereocenters. The molecule has 0 spiro atoms. The number of nitrogens with zero attached hydrogens (tertiary/aromatic N) is 2. The summed E-state index contributed by atoms with van der Waals surface area (Å²) in [4.78, 5) is 25.0. The van der Waals surface area contributed by atoms with Crippen LogP contribution in [0.2, 0.25) is 5.02 Å². The molecular formula is C20H27ClN4O2. The fourth-order valence-electron chi connectivity index (χ4n) is 2.85. The Labute approximate surface area is 165 Å². The number of amides is 2. The van der Waals surface area contributed by atoms with Gasteiger partial charge in [0.2, 0.25) is 5.91 Å². The number of hydrogen-bond acceptors (Lipinski definition) is 3. The van der Waals surface area contributed by atoms with Crippen LogP contribution in [0.3, 0.4) is 0 Å². The van der Waals surface area contributed by atoms with E-state index in [4.69, 9.17) is 11.6 Å². The Balaban J connectivity index is 1.88. The molecular weight excluding hydrogens is 364 g/mol. The van der Waals surface area contributed by atoms with Crippen molar-refractivity contribution in [1.29, 1.82) is 0 Å². The smallest absolute Gasteiger partial charge is 0.253 e. The minimum atomic E-state index is -0.623. The van der Waals surface area contributed by atoms with Crippen LogP contribution in [0.4, 0.5) is 0 Å². The summed E-state index contributed by atoms with van der Waals surface area (Å²) in [5.41, 5.74) is 2.45. The summed E-state index contributed by atoms with van der Waals surface area (Å²) < 4.78 is 1.93. The van der Waals surface area contributed by atoms with Gasteiger partial charge in [-0.2, -0.15) is 5.10 Å². The molecule has 0 fully saturated rings. The van der Waals surface area contributed by atoms with E-state index in [2.05, 4.69) is 15.7 Å². The first-order chi connectivity index (χ1) is 12.8. The van der Waals surface area contributed by atoms with Gasteiger partial charge in [-0.1, -0.05) is 37.6 Å². The number of halogens is 1. The van der Waals surface area contributed by atoms with E-state index in [0.717, 1.165) is 24.4 Å². The van der Waals surface area contributed by atoms with Gasteiger partial charge >= 0.3 is 0 Å². The molecule has 2 N–H and O–H groups in total. The third-order valence-corrected chi connectivity index (χ3v) is 4.63. The predicted molar refractivity (Wildman–Crippen MR) is 107 cm³/mol. The van der Waals surface area contributed by atoms with Gasteiger partial charge in [0.1, 0.15) is 6.04 Å². The van der Waals surface area contributed by atoms with Gasteiger partial charge in [-0.15, -0.1) is 0 Å². The SMILES string of the molecule is Cc1cc(C)n(CCCNC(=O)C(NC(=O)c2ccccc2Cl)C(C)C)n1. The Morgan fingerprint density at radius 2 is 1.93 bits per heavy atom. The highest BCUT2D eigenvalue weighted by Gasteiger charge is 2.25. The standard InChI is InChI=1S/C20H27ClN4O2/c1-13(2)18(23-19(26)16-8-5-6-9-17(16)21)20(27)22-10-7-11-25-15(4)12-14(3)24-25/h5-6,8-9,12-13,18H,7,10-11H2,1-4H3,(H,22,27)(H,23,26). The third-order valence-electron chi connectivity index (χ3n) is 4.30. The second-order valence-electron chi connectivity index (χ2n) is 6.97. The van der Waals surface area contributed by atoms with Crippen molar-refractivity contribution in [2.75, 3.05) is 6.54 Å². The molecule has 6 nitrogen and oxygen atoms in total. The largest absolute Gasteiger partial charge is 0.354 e. The van der Waals surface area contributed by atoms with E-state index in [-0.39, 0.29) is 17.7 Å². The average molecular weight is 391 g/mol. The average Bonchev–Trinajstić information content (AvgIpc) is 2.93. The van der Waals surface area contributed by atoms with Crippen molar-refractivity contribution in [2.45, 2.75) is 46.7 Å². The lowest BCUT2D eigenvalue weighted by Gasteiger charge is -2.22. The summed E-state index contributed by atoms with van der Waals surface area (Å²) in [5.74, 6) is -0.594. The van der Waals surface area contributed by atoms with Crippen molar-refractivity contribution >= 4 is 23.4 Å². The number of hydrogen-bond donors (Lipinski definition) is 2. The lowest BCUT2D eigenvalue weighted by molar-refractivity contribution is -0.123. The van der Waals surface area contributed by atoms with Gasteiger partial charge in [0, 0.05) is 18.8 Å². The second kappa shape index (κ2) is 9.55. The van der Waals surface area contributed by atoms with Crippen LogP contribution in [0.1, 0.15) is 42.0 Å². The number of aromatic nitrogens is 2. The quantitative estimate of drug-likeness (QED) is 0.680. The van der Waals surface area contributed by atoms with Crippen molar-refractivity contribution in [3.8, 4) is 0 Å². The Kier molecular flexibility index (Phi) is 7.42. The van der Waals surface area contributed by atoms with E-state index >= 15 is 0 Å². The minimum Gasteiger partial charge on any atom is -0.354 e. The number of carbonyl (C=O) groups excluding carboxylic acids is 2. The number of aryl methyl sites for hydroxylation is 3. The zero-order valence-corrected chi connectivity index (χ0v) is 17.0. The first-order valence-electron chi connectivity index (χ1n) is 9.13. The molecule has 1 aromatic carbocycles. The van der Waals surface area contributed by atoms with E-state index in [1.54, 1.807) is 24.3 Å². The summed E-state index contributed by atoms with van der Waals surface area (Å²) in [5, 5.41) is 10.5. The Morgan fingerprint density at radius 3 is 2.52 bits per heavy atom. The first kappa shape index (κ1) is 21.0. The van der Waals surface area contributed by atoms with Crippen LogP contribution in [0.15, 0.2) is 30.3 Å². The lowest BCUT2D eigenvalue weighted by Crippen LogP contribution is -2.50. The molecule has 2 rings (SSSR count). The highest BCUT2D eigenvalue weighted by Crippen LogP contribution is 2.15. The highest BCUT2D eigenvalue weighted by atomic mass is 35.5. The molecule has 1 aromatic heterocycles. The molecule has 1 heterocycles. The Hall–Kier alpha value is -2.34. The number of nitrogens with one attached hydrogen (secondary N) is 2. The van der Waals surface area contributed by atoms with Gasteiger partial charge in [-0.25, -0.2) is 0 Å². The van der Waals surface area contributed by atoms with Crippen LogP contribution in [-0.4, -0.2) is 34.2 Å². The van der Waals surface area contributed by atoms with Crippen molar-refractivity contribution < 1.29 is 9.59 Å². The molecule has 0 aliphatic carbocycles. The number of carbonyl (C=O) groups is 2. The van der Waals surface area contributed by atoms with Crippen LogP contribution in [-0.2, 0) is 11.3 Å². The van der Waals surface area contributed by atoms with Crippen molar-refractivity contribution in [2.24, 2.45) is 5.92 Å². The lowest BCUT2D eigenvalue weighted by atomic mass is 10.0. The summed E-state index contributed by atoms with van der Waals surface area (Å²) in [6, 6.07) is 8.19. The van der Waals surface area contributed by atoms with Gasteiger partial charge in [-0.05, 0) is 44.4 Å². The van der Waals surface area contributed by atoms with E-state index in [9.17, 15) is 9.59 Å². The maximum absolute atomic E-state index is 12.5. The minimum absolute atomic E-state index is 0.0487. The van der Waals surface area contributed by atoms with E-state index in [1.807, 2.05) is 38.4 Å². The Morgan fingerprint density at radius 1 is 1.22 bits per heavy atom. The van der Waals surface area contributed by atoms with Gasteiger partial charge in [0.05, 0.1) is 16.3 Å². The van der Waals surface area contributed by atoms with Crippen LogP contribution >= 0.6 is 11.6 Å². The third kappa shape index (κ3) is 5.82. The molecule has 27 heavy (non-hydrogen) atoms. The zero-order chi connectivity index (χ0) is 20.0. The molecule has 0 radical (unpaired) electrons. The van der Waals surface area contributed by atoms with Gasteiger partial charge in [-0.3, -0.25) is 14.3 Å². The molecule has 2 aromatic rings. The second-order valence-corrected chi connectivity index (χ2v) is 7.38. The zero-order valence-electron chi connectivity index (χ0n) is 16.3. The van der Waals surface area contributed by atoms with Crippen LogP contribution in [0, 0.1) is 19.8 Å². The fraction of sp³-hybridized carbons (Fsp3) is 0.450. The summed E-state index contributed by atoms with van der Waals surface area (Å²) in [6.07, 6.45) is 0.761. The molecule has 146 valence electrons. The molecule has 7 heteroatoms. The molecule has 2 amide bonds. The molecule has 0 saturated carbocycles. The molecule has 0 saturated heterocycles. The van der Waals surface area contributed by atoms with Gasteiger partial charge in [0.25, 0.3) is 5.91 Å². The van der Waals surface area contributed by atoms with Crippen molar-refractivity contribution in [3.05, 3.63) is 52.3 Å². The van der Waals surface area contributed by atoms with Crippen LogP contribution < -0.4 is 10.6 Å². The molecule has 0 aliphatic rings. The van der Waals surface area contributed by atoms with Gasteiger partial charge < -0.3 is 10.6 Å². The van der Waals surface area contributed by atoms with E-state index in [1.165, 1.54) is 0 Å². The van der Waals surface area contributed by atoms with Crippen LogP contribution in [0.25, 0.3) is 0 Å². The first-order valence-corrected chi connectivity index (χ1v) is 9.51. The number of rotatable bonds is 8. The molecule has 1 atom stereocenters.